The number of rotatable bonds is 4. The standard InChI is InChI=1S/C17H13N7O/c25-17(16-19-12-23(22-16)13-4-2-1-3-5-13)21-15-8-11-20-24(15)14-6-9-18-10-7-14/h1-12H,(H,21,25). The number of pyridine rings is 1. The van der Waals surface area contributed by atoms with Crippen LogP contribution in [0.25, 0.3) is 11.4 Å². The molecule has 122 valence electrons. The fourth-order valence-corrected chi connectivity index (χ4v) is 2.33. The van der Waals surface area contributed by atoms with E-state index in [1.807, 2.05) is 30.3 Å². The lowest BCUT2D eigenvalue weighted by Crippen LogP contribution is -2.17. The number of nitrogens with zero attached hydrogens (tertiary/aromatic N) is 6. The molecular weight excluding hydrogens is 318 g/mol. The van der Waals surface area contributed by atoms with Crippen LogP contribution in [0.15, 0.2) is 73.4 Å². The van der Waals surface area contributed by atoms with Crippen LogP contribution in [0.1, 0.15) is 10.6 Å². The van der Waals surface area contributed by atoms with Crippen LogP contribution in [0.4, 0.5) is 5.82 Å². The molecule has 1 aromatic carbocycles. The number of hydrogen-bond donors (Lipinski definition) is 1. The Bertz CT molecular complexity index is 992. The Balaban J connectivity index is 1.56. The van der Waals surface area contributed by atoms with Gasteiger partial charge in [-0.25, -0.2) is 14.3 Å². The first-order chi connectivity index (χ1) is 12.3. The number of anilines is 1. The van der Waals surface area contributed by atoms with E-state index in [1.165, 1.54) is 6.33 Å². The zero-order valence-electron chi connectivity index (χ0n) is 13.0. The van der Waals surface area contributed by atoms with E-state index in [2.05, 4.69) is 25.5 Å². The van der Waals surface area contributed by atoms with E-state index in [0.717, 1.165) is 11.4 Å². The molecule has 1 amide bonds. The normalized spacial score (nSPS) is 10.6. The van der Waals surface area contributed by atoms with Gasteiger partial charge in [-0.05, 0) is 24.3 Å². The number of carbonyl (C=O) groups excluding carboxylic acids is 1. The van der Waals surface area contributed by atoms with E-state index >= 15 is 0 Å². The maximum absolute atomic E-state index is 12.4. The summed E-state index contributed by atoms with van der Waals surface area (Å²) in [5.74, 6) is 0.184. The van der Waals surface area contributed by atoms with E-state index in [-0.39, 0.29) is 5.82 Å². The van der Waals surface area contributed by atoms with Crippen LogP contribution >= 0.6 is 0 Å². The summed E-state index contributed by atoms with van der Waals surface area (Å²) in [6.07, 6.45) is 6.42. The van der Waals surface area contributed by atoms with Crippen LogP contribution < -0.4 is 5.32 Å². The van der Waals surface area contributed by atoms with Crippen molar-refractivity contribution in [3.05, 3.63) is 79.3 Å². The molecule has 4 rings (SSSR count). The van der Waals surface area contributed by atoms with Crippen molar-refractivity contribution < 1.29 is 4.79 Å². The number of carbonyl (C=O) groups is 1. The summed E-state index contributed by atoms with van der Waals surface area (Å²) in [4.78, 5) is 20.5. The van der Waals surface area contributed by atoms with Crippen molar-refractivity contribution in [1.82, 2.24) is 29.5 Å². The number of para-hydroxylation sites is 1. The van der Waals surface area contributed by atoms with Crippen molar-refractivity contribution in [3.8, 4) is 11.4 Å². The van der Waals surface area contributed by atoms with Crippen molar-refractivity contribution in [2.24, 2.45) is 0 Å². The van der Waals surface area contributed by atoms with Gasteiger partial charge in [0.2, 0.25) is 5.82 Å². The quantitative estimate of drug-likeness (QED) is 0.618. The summed E-state index contributed by atoms with van der Waals surface area (Å²) in [6.45, 7) is 0. The highest BCUT2D eigenvalue weighted by atomic mass is 16.2. The molecule has 0 bridgehead atoms. The van der Waals surface area contributed by atoms with Crippen LogP contribution in [0, 0.1) is 0 Å². The first-order valence-corrected chi connectivity index (χ1v) is 7.54. The molecule has 0 aliphatic rings. The topological polar surface area (TPSA) is 90.5 Å². The molecule has 0 atom stereocenters. The van der Waals surface area contributed by atoms with Crippen molar-refractivity contribution in [2.45, 2.75) is 0 Å². The Morgan fingerprint density at radius 2 is 1.72 bits per heavy atom. The first-order valence-electron chi connectivity index (χ1n) is 7.54. The third kappa shape index (κ3) is 3.00. The molecule has 3 heterocycles. The van der Waals surface area contributed by atoms with Gasteiger partial charge in [0.25, 0.3) is 5.91 Å². The first kappa shape index (κ1) is 14.8. The van der Waals surface area contributed by atoms with Gasteiger partial charge in [0.05, 0.1) is 17.6 Å². The monoisotopic (exact) mass is 331 g/mol. The van der Waals surface area contributed by atoms with Gasteiger partial charge in [-0.1, -0.05) is 18.2 Å². The molecule has 25 heavy (non-hydrogen) atoms. The summed E-state index contributed by atoms with van der Waals surface area (Å²) in [5.41, 5.74) is 1.62. The second-order valence-electron chi connectivity index (χ2n) is 5.14. The van der Waals surface area contributed by atoms with Gasteiger partial charge in [-0.3, -0.25) is 9.78 Å². The maximum atomic E-state index is 12.4. The minimum Gasteiger partial charge on any atom is -0.304 e. The van der Waals surface area contributed by atoms with E-state index in [0.29, 0.717) is 5.82 Å². The van der Waals surface area contributed by atoms with Crippen molar-refractivity contribution in [1.29, 1.82) is 0 Å². The second-order valence-corrected chi connectivity index (χ2v) is 5.14. The highest BCUT2D eigenvalue weighted by Gasteiger charge is 2.15. The molecule has 0 aliphatic heterocycles. The Labute approximate surface area is 142 Å². The van der Waals surface area contributed by atoms with Gasteiger partial charge in [0.15, 0.2) is 0 Å². The highest BCUT2D eigenvalue weighted by molar-refractivity contribution is 6.01. The van der Waals surface area contributed by atoms with Crippen molar-refractivity contribution in [2.75, 3.05) is 5.32 Å². The lowest BCUT2D eigenvalue weighted by molar-refractivity contribution is 0.101. The number of benzene rings is 1. The van der Waals surface area contributed by atoms with Crippen molar-refractivity contribution in [3.63, 3.8) is 0 Å². The average Bonchev–Trinajstić information content (AvgIpc) is 3.33. The van der Waals surface area contributed by atoms with Crippen LogP contribution in [-0.4, -0.2) is 35.4 Å². The molecule has 8 nitrogen and oxygen atoms in total. The third-order valence-electron chi connectivity index (χ3n) is 3.51. The molecule has 3 aromatic heterocycles. The minimum atomic E-state index is -0.412. The van der Waals surface area contributed by atoms with Crippen molar-refractivity contribution >= 4 is 11.7 Å². The molecular formula is C17H13N7O. The summed E-state index contributed by atoms with van der Waals surface area (Å²) < 4.78 is 3.16. The largest absolute Gasteiger partial charge is 0.304 e. The summed E-state index contributed by atoms with van der Waals surface area (Å²) in [6, 6.07) is 14.8. The van der Waals surface area contributed by atoms with Gasteiger partial charge in [0, 0.05) is 18.5 Å². The minimum absolute atomic E-state index is 0.0753. The Hall–Kier alpha value is -3.81. The highest BCUT2D eigenvalue weighted by Crippen LogP contribution is 2.14. The summed E-state index contributed by atoms with van der Waals surface area (Å²) >= 11 is 0. The summed E-state index contributed by atoms with van der Waals surface area (Å²) in [7, 11) is 0. The molecule has 0 aliphatic carbocycles. The van der Waals surface area contributed by atoms with Crippen LogP contribution in [0.3, 0.4) is 0 Å². The smallest absolute Gasteiger partial charge is 0.296 e. The maximum Gasteiger partial charge on any atom is 0.296 e. The lowest BCUT2D eigenvalue weighted by atomic mass is 10.3. The number of aromatic nitrogens is 6. The van der Waals surface area contributed by atoms with E-state index < -0.39 is 5.91 Å². The Kier molecular flexibility index (Phi) is 3.76. The van der Waals surface area contributed by atoms with Gasteiger partial charge in [-0.2, -0.15) is 5.10 Å². The number of hydrogen-bond acceptors (Lipinski definition) is 5. The molecule has 0 unspecified atom stereocenters. The van der Waals surface area contributed by atoms with Gasteiger partial charge < -0.3 is 5.32 Å². The predicted octanol–water partition coefficient (Wildman–Crippen LogP) is 2.10. The van der Waals surface area contributed by atoms with Gasteiger partial charge >= 0.3 is 0 Å². The van der Waals surface area contributed by atoms with Crippen LogP contribution in [-0.2, 0) is 0 Å². The molecule has 8 heteroatoms. The SMILES string of the molecule is O=C(Nc1ccnn1-c1ccncc1)c1ncn(-c2ccccc2)n1. The fraction of sp³-hybridized carbons (Fsp3) is 0. The van der Waals surface area contributed by atoms with Crippen LogP contribution in [0.2, 0.25) is 0 Å². The Morgan fingerprint density at radius 1 is 0.920 bits per heavy atom. The van der Waals surface area contributed by atoms with E-state index in [1.54, 1.807) is 46.2 Å². The van der Waals surface area contributed by atoms with Gasteiger partial charge in [0.1, 0.15) is 12.1 Å². The molecule has 0 spiro atoms. The zero-order valence-corrected chi connectivity index (χ0v) is 13.0. The Morgan fingerprint density at radius 3 is 2.52 bits per heavy atom. The third-order valence-corrected chi connectivity index (χ3v) is 3.51. The number of amides is 1. The van der Waals surface area contributed by atoms with E-state index in [9.17, 15) is 4.79 Å². The van der Waals surface area contributed by atoms with Crippen LogP contribution in [0.5, 0.6) is 0 Å². The summed E-state index contributed by atoms with van der Waals surface area (Å²) in [5, 5.41) is 11.2. The van der Waals surface area contributed by atoms with E-state index in [4.69, 9.17) is 0 Å². The molecule has 0 saturated carbocycles. The van der Waals surface area contributed by atoms with Gasteiger partial charge in [-0.15, -0.1) is 5.10 Å². The molecule has 0 fully saturated rings. The molecule has 0 saturated heterocycles. The molecule has 1 N–H and O–H groups in total. The molecule has 4 aromatic rings. The second kappa shape index (κ2) is 6.36. The zero-order chi connectivity index (χ0) is 17.1. The lowest BCUT2D eigenvalue weighted by Gasteiger charge is -2.07. The average molecular weight is 331 g/mol. The predicted molar refractivity (Wildman–Crippen MR) is 90.7 cm³/mol. The molecule has 0 radical (unpaired) electrons. The number of nitrogens with one attached hydrogen (secondary N) is 1. The fourth-order valence-electron chi connectivity index (χ4n) is 2.33.